The fraction of sp³-hybridized carbons (Fsp3) is 0.762. The van der Waals surface area contributed by atoms with E-state index in [9.17, 15) is 9.59 Å². The van der Waals surface area contributed by atoms with Gasteiger partial charge in [-0.2, -0.15) is 5.10 Å². The molecule has 7 heteroatoms. The highest BCUT2D eigenvalue weighted by Crippen LogP contribution is 2.35. The first kappa shape index (κ1) is 19.4. The Balaban J connectivity index is 1.38. The summed E-state index contributed by atoms with van der Waals surface area (Å²) >= 11 is 0. The molecule has 1 unspecified atom stereocenters. The second-order valence-electron chi connectivity index (χ2n) is 8.53. The third-order valence-electron chi connectivity index (χ3n) is 6.23. The summed E-state index contributed by atoms with van der Waals surface area (Å²) in [4.78, 5) is 30.0. The molecule has 28 heavy (non-hydrogen) atoms. The molecule has 1 aliphatic carbocycles. The van der Waals surface area contributed by atoms with E-state index in [0.29, 0.717) is 25.4 Å². The molecule has 1 aromatic heterocycles. The van der Waals surface area contributed by atoms with Gasteiger partial charge in [0.15, 0.2) is 0 Å². The van der Waals surface area contributed by atoms with Gasteiger partial charge in [0.1, 0.15) is 0 Å². The van der Waals surface area contributed by atoms with Crippen molar-refractivity contribution in [1.82, 2.24) is 19.6 Å². The fourth-order valence-corrected chi connectivity index (χ4v) is 4.53. The highest BCUT2D eigenvalue weighted by Gasteiger charge is 2.41. The van der Waals surface area contributed by atoms with Gasteiger partial charge < -0.3 is 14.5 Å². The molecule has 1 atom stereocenters. The first-order valence-electron chi connectivity index (χ1n) is 10.8. The van der Waals surface area contributed by atoms with Crippen LogP contribution in [0.2, 0.25) is 0 Å². The first-order chi connectivity index (χ1) is 13.6. The number of aromatic nitrogens is 2. The van der Waals surface area contributed by atoms with Gasteiger partial charge in [0.25, 0.3) is 0 Å². The van der Waals surface area contributed by atoms with Crippen LogP contribution >= 0.6 is 0 Å². The molecule has 3 fully saturated rings. The van der Waals surface area contributed by atoms with E-state index in [2.05, 4.69) is 10.00 Å². The average molecular weight is 389 g/mol. The predicted molar refractivity (Wildman–Crippen MR) is 105 cm³/mol. The Labute approximate surface area is 167 Å². The number of ether oxygens (including phenoxy) is 1. The van der Waals surface area contributed by atoms with Crippen LogP contribution < -0.4 is 0 Å². The van der Waals surface area contributed by atoms with Crippen LogP contribution in [0, 0.1) is 12.8 Å². The van der Waals surface area contributed by atoms with Gasteiger partial charge in [0.2, 0.25) is 11.8 Å². The number of hydrogen-bond acceptors (Lipinski definition) is 4. The van der Waals surface area contributed by atoms with Crippen molar-refractivity contribution in [2.24, 2.45) is 5.92 Å². The van der Waals surface area contributed by atoms with Gasteiger partial charge in [-0.1, -0.05) is 0 Å². The van der Waals surface area contributed by atoms with Crippen molar-refractivity contribution < 1.29 is 14.3 Å². The smallest absolute Gasteiger partial charge is 0.226 e. The Morgan fingerprint density at radius 3 is 2.64 bits per heavy atom. The Bertz CT molecular complexity index is 694. The summed E-state index contributed by atoms with van der Waals surface area (Å²) in [6.07, 6.45) is 10.1. The van der Waals surface area contributed by atoms with E-state index in [4.69, 9.17) is 4.74 Å². The molecule has 2 saturated heterocycles. The Morgan fingerprint density at radius 2 is 1.96 bits per heavy atom. The molecule has 0 radical (unpaired) electrons. The van der Waals surface area contributed by atoms with Crippen molar-refractivity contribution in [3.63, 3.8) is 0 Å². The summed E-state index contributed by atoms with van der Waals surface area (Å²) < 4.78 is 7.35. The molecule has 4 rings (SSSR count). The van der Waals surface area contributed by atoms with Crippen LogP contribution in [0.1, 0.15) is 50.5 Å². The van der Waals surface area contributed by atoms with Crippen molar-refractivity contribution in [3.8, 4) is 0 Å². The zero-order chi connectivity index (χ0) is 19.5. The van der Waals surface area contributed by atoms with E-state index in [-0.39, 0.29) is 23.9 Å². The Kier molecular flexibility index (Phi) is 5.99. The van der Waals surface area contributed by atoms with Crippen LogP contribution in [-0.4, -0.2) is 69.8 Å². The van der Waals surface area contributed by atoms with Crippen LogP contribution in [-0.2, 0) is 20.9 Å². The number of amides is 2. The minimum atomic E-state index is 0.154. The number of aryl methyl sites for hydroxylation is 2. The Hall–Kier alpha value is -1.89. The van der Waals surface area contributed by atoms with E-state index in [1.54, 1.807) is 0 Å². The lowest BCUT2D eigenvalue weighted by molar-refractivity contribution is -0.145. The molecule has 154 valence electrons. The van der Waals surface area contributed by atoms with Gasteiger partial charge in [-0.05, 0) is 51.0 Å². The molecule has 0 aromatic carbocycles. The summed E-state index contributed by atoms with van der Waals surface area (Å²) in [5, 5.41) is 4.27. The summed E-state index contributed by atoms with van der Waals surface area (Å²) in [5.41, 5.74) is 1.11. The normalized spacial score (nSPS) is 23.6. The van der Waals surface area contributed by atoms with Gasteiger partial charge >= 0.3 is 0 Å². The molecule has 2 amide bonds. The summed E-state index contributed by atoms with van der Waals surface area (Å²) in [6.45, 7) is 5.55. The van der Waals surface area contributed by atoms with Crippen LogP contribution in [0.3, 0.4) is 0 Å². The van der Waals surface area contributed by atoms with Gasteiger partial charge in [0.05, 0.1) is 6.20 Å². The molecular formula is C21H32N4O3. The molecule has 7 nitrogen and oxygen atoms in total. The predicted octanol–water partition coefficient (Wildman–Crippen LogP) is 1.99. The van der Waals surface area contributed by atoms with E-state index in [1.165, 1.54) is 0 Å². The van der Waals surface area contributed by atoms with Crippen molar-refractivity contribution in [1.29, 1.82) is 0 Å². The number of carbonyl (C=O) groups excluding carboxylic acids is 2. The standard InChI is InChI=1S/C21H32N4O3/c1-16-13-22-24(14-16)10-6-20(26)23-9-2-3-19(15-23)25(21(27)17-4-5-17)18-7-11-28-12-8-18/h13-14,17-19H,2-12,15H2,1H3. The average Bonchev–Trinajstić information content (AvgIpc) is 3.49. The minimum Gasteiger partial charge on any atom is -0.381 e. The van der Waals surface area contributed by atoms with E-state index >= 15 is 0 Å². The lowest BCUT2D eigenvalue weighted by atomic mass is 9.97. The largest absolute Gasteiger partial charge is 0.381 e. The van der Waals surface area contributed by atoms with E-state index in [1.807, 2.05) is 28.9 Å². The molecule has 0 N–H and O–H groups in total. The number of piperidine rings is 1. The molecule has 0 bridgehead atoms. The van der Waals surface area contributed by atoms with Crippen molar-refractivity contribution in [3.05, 3.63) is 18.0 Å². The van der Waals surface area contributed by atoms with Gasteiger partial charge in [0, 0.05) is 63.5 Å². The van der Waals surface area contributed by atoms with Crippen molar-refractivity contribution in [2.75, 3.05) is 26.3 Å². The van der Waals surface area contributed by atoms with Crippen molar-refractivity contribution >= 4 is 11.8 Å². The second-order valence-corrected chi connectivity index (χ2v) is 8.53. The first-order valence-corrected chi connectivity index (χ1v) is 10.8. The summed E-state index contributed by atoms with van der Waals surface area (Å²) in [6, 6.07) is 0.426. The van der Waals surface area contributed by atoms with Crippen LogP contribution in [0.25, 0.3) is 0 Å². The molecule has 2 aliphatic heterocycles. The van der Waals surface area contributed by atoms with E-state index in [0.717, 1.165) is 63.8 Å². The molecule has 3 heterocycles. The van der Waals surface area contributed by atoms with Gasteiger partial charge in [-0.3, -0.25) is 14.3 Å². The topological polar surface area (TPSA) is 67.7 Å². The maximum atomic E-state index is 13.1. The zero-order valence-electron chi connectivity index (χ0n) is 16.9. The van der Waals surface area contributed by atoms with Crippen LogP contribution in [0.4, 0.5) is 0 Å². The quantitative estimate of drug-likeness (QED) is 0.747. The summed E-state index contributed by atoms with van der Waals surface area (Å²) in [5.74, 6) is 0.707. The zero-order valence-corrected chi connectivity index (χ0v) is 16.9. The number of hydrogen-bond donors (Lipinski definition) is 0. The van der Waals surface area contributed by atoms with E-state index < -0.39 is 0 Å². The minimum absolute atomic E-state index is 0.154. The summed E-state index contributed by atoms with van der Waals surface area (Å²) in [7, 11) is 0. The number of nitrogens with zero attached hydrogens (tertiary/aromatic N) is 4. The fourth-order valence-electron chi connectivity index (χ4n) is 4.53. The Morgan fingerprint density at radius 1 is 1.18 bits per heavy atom. The number of carbonyl (C=O) groups is 2. The lowest BCUT2D eigenvalue weighted by Crippen LogP contribution is -2.56. The highest BCUT2D eigenvalue weighted by atomic mass is 16.5. The SMILES string of the molecule is Cc1cnn(CCC(=O)N2CCCC(N(C(=O)C3CC3)C3CCOCC3)C2)c1. The van der Waals surface area contributed by atoms with Crippen molar-refractivity contribution in [2.45, 2.75) is 70.5 Å². The molecular weight excluding hydrogens is 356 g/mol. The van der Waals surface area contributed by atoms with Crippen LogP contribution in [0.5, 0.6) is 0 Å². The second kappa shape index (κ2) is 8.64. The third kappa shape index (κ3) is 4.57. The van der Waals surface area contributed by atoms with Gasteiger partial charge in [-0.15, -0.1) is 0 Å². The lowest BCUT2D eigenvalue weighted by Gasteiger charge is -2.44. The molecule has 0 spiro atoms. The number of likely N-dealkylation sites (tertiary alicyclic amines) is 1. The number of rotatable bonds is 6. The maximum absolute atomic E-state index is 13.1. The maximum Gasteiger partial charge on any atom is 0.226 e. The highest BCUT2D eigenvalue weighted by molar-refractivity contribution is 5.82. The third-order valence-corrected chi connectivity index (χ3v) is 6.23. The van der Waals surface area contributed by atoms with Gasteiger partial charge in [-0.25, -0.2) is 0 Å². The molecule has 3 aliphatic rings. The molecule has 1 aromatic rings. The van der Waals surface area contributed by atoms with Crippen LogP contribution in [0.15, 0.2) is 12.4 Å². The molecule has 1 saturated carbocycles. The monoisotopic (exact) mass is 388 g/mol.